The van der Waals surface area contributed by atoms with Crippen molar-refractivity contribution < 1.29 is 28.2 Å². The Morgan fingerprint density at radius 1 is 1.29 bits per heavy atom. The van der Waals surface area contributed by atoms with E-state index in [0.717, 1.165) is 12.8 Å². The van der Waals surface area contributed by atoms with Gasteiger partial charge >= 0.3 is 12.2 Å². The number of halogens is 1. The fraction of sp³-hybridized carbons (Fsp3) is 0.571. The number of hydrogen-bond donors (Lipinski definition) is 1. The largest absolute Gasteiger partial charge is 0.453 e. The van der Waals surface area contributed by atoms with Crippen molar-refractivity contribution in [2.45, 2.75) is 25.9 Å². The van der Waals surface area contributed by atoms with Crippen molar-refractivity contribution in [1.29, 1.82) is 0 Å². The fourth-order valence-electron chi connectivity index (χ4n) is 4.71. The summed E-state index contributed by atoms with van der Waals surface area (Å²) >= 11 is 0. The van der Waals surface area contributed by atoms with Gasteiger partial charge in [-0.25, -0.2) is 14.0 Å². The van der Waals surface area contributed by atoms with Crippen LogP contribution in [-0.2, 0) is 14.3 Å². The maximum Gasteiger partial charge on any atom is 0.414 e. The Morgan fingerprint density at radius 3 is 2.77 bits per heavy atom. The van der Waals surface area contributed by atoms with Crippen molar-refractivity contribution in [3.8, 4) is 0 Å². The molecule has 1 spiro atoms. The number of methoxy groups -OCH3 is 1. The topological polar surface area (TPSA) is 91.4 Å². The van der Waals surface area contributed by atoms with Gasteiger partial charge in [0.2, 0.25) is 5.91 Å². The van der Waals surface area contributed by atoms with Crippen LogP contribution < -0.4 is 15.1 Å². The smallest absolute Gasteiger partial charge is 0.414 e. The molecule has 1 aromatic rings. The molecule has 1 aromatic carbocycles. The minimum Gasteiger partial charge on any atom is -0.453 e. The lowest BCUT2D eigenvalue weighted by Crippen LogP contribution is -2.34. The zero-order valence-corrected chi connectivity index (χ0v) is 17.7. The lowest BCUT2D eigenvalue weighted by molar-refractivity contribution is -0.119. The minimum absolute atomic E-state index is 0.0466. The van der Waals surface area contributed by atoms with Gasteiger partial charge in [0.1, 0.15) is 11.9 Å². The Bertz CT molecular complexity index is 897. The number of carbonyl (C=O) groups excluding carboxylic acids is 3. The quantitative estimate of drug-likeness (QED) is 0.779. The summed E-state index contributed by atoms with van der Waals surface area (Å²) in [6.07, 6.45) is 0.396. The van der Waals surface area contributed by atoms with Gasteiger partial charge in [-0.2, -0.15) is 0 Å². The van der Waals surface area contributed by atoms with Crippen LogP contribution in [0.3, 0.4) is 0 Å². The third-order valence-corrected chi connectivity index (χ3v) is 6.35. The number of ether oxygens (including phenoxy) is 2. The molecule has 0 radical (unpaired) electrons. The maximum absolute atomic E-state index is 15.0. The Hall–Kier alpha value is -3.04. The summed E-state index contributed by atoms with van der Waals surface area (Å²) in [5.74, 6) is -0.610. The molecule has 0 bridgehead atoms. The average molecular weight is 434 g/mol. The second kappa shape index (κ2) is 8.24. The molecule has 0 aromatic heterocycles. The Labute approximate surface area is 180 Å². The molecule has 1 unspecified atom stereocenters. The van der Waals surface area contributed by atoms with Gasteiger partial charge < -0.3 is 24.6 Å². The summed E-state index contributed by atoms with van der Waals surface area (Å²) in [6.45, 7) is 4.50. The molecule has 3 aliphatic rings. The van der Waals surface area contributed by atoms with Crippen LogP contribution in [0.5, 0.6) is 0 Å². The zero-order chi connectivity index (χ0) is 22.2. The summed E-state index contributed by atoms with van der Waals surface area (Å²) in [7, 11) is 1.38. The molecule has 3 amide bonds. The number of carbonyl (C=O) groups is 3. The fourth-order valence-corrected chi connectivity index (χ4v) is 4.71. The highest BCUT2D eigenvalue weighted by atomic mass is 19.1. The van der Waals surface area contributed by atoms with Crippen molar-refractivity contribution >= 4 is 29.5 Å². The molecule has 0 saturated carbocycles. The lowest BCUT2D eigenvalue weighted by Gasteiger charge is -2.26. The third kappa shape index (κ3) is 4.24. The van der Waals surface area contributed by atoms with Crippen molar-refractivity contribution in [2.75, 3.05) is 56.2 Å². The average Bonchev–Trinajstić information content (AvgIpc) is 3.45. The highest BCUT2D eigenvalue weighted by Crippen LogP contribution is 2.42. The molecular weight excluding hydrogens is 407 g/mol. The van der Waals surface area contributed by atoms with E-state index < -0.39 is 18.0 Å². The Kier molecular flexibility index (Phi) is 5.63. The zero-order valence-electron chi connectivity index (χ0n) is 17.7. The standard InChI is InChI=1S/C21H27FN4O5/c1-14(27)23-10-16-11-26(20(29)31-16)15-3-4-18(17(22)9-15)24-7-5-21(12-24)6-8-25(13-21)19(28)30-2/h3-4,9,16H,5-8,10-13H2,1-2H3,(H,23,27)/t16-,21?/m0/s1. The number of nitrogens with zero attached hydrogens (tertiary/aromatic N) is 3. The first-order valence-corrected chi connectivity index (χ1v) is 10.4. The summed E-state index contributed by atoms with van der Waals surface area (Å²) in [4.78, 5) is 40.1. The molecule has 9 nitrogen and oxygen atoms in total. The van der Waals surface area contributed by atoms with Crippen LogP contribution in [0.15, 0.2) is 18.2 Å². The van der Waals surface area contributed by atoms with E-state index in [9.17, 15) is 14.4 Å². The van der Waals surface area contributed by atoms with Crippen molar-refractivity contribution in [3.05, 3.63) is 24.0 Å². The SMILES string of the molecule is COC(=O)N1CCC2(CCN(c3ccc(N4C[C@H](CNC(C)=O)OC4=O)cc3F)C2)C1. The molecule has 1 N–H and O–H groups in total. The van der Waals surface area contributed by atoms with Crippen molar-refractivity contribution in [3.63, 3.8) is 0 Å². The Morgan fingerprint density at radius 2 is 2.06 bits per heavy atom. The normalized spacial score (nSPS) is 25.3. The summed E-state index contributed by atoms with van der Waals surface area (Å²) in [5.41, 5.74) is 0.859. The first-order valence-electron chi connectivity index (χ1n) is 10.4. The number of cyclic esters (lactones) is 1. The van der Waals surface area contributed by atoms with E-state index in [1.165, 1.54) is 25.0 Å². The molecule has 3 heterocycles. The highest BCUT2D eigenvalue weighted by Gasteiger charge is 2.45. The lowest BCUT2D eigenvalue weighted by atomic mass is 9.86. The molecule has 0 aliphatic carbocycles. The first kappa shape index (κ1) is 21.2. The summed E-state index contributed by atoms with van der Waals surface area (Å²) < 4.78 is 25.1. The Balaban J connectivity index is 1.41. The van der Waals surface area contributed by atoms with Crippen LogP contribution in [-0.4, -0.2) is 75.5 Å². The van der Waals surface area contributed by atoms with Crippen molar-refractivity contribution in [2.24, 2.45) is 5.41 Å². The van der Waals surface area contributed by atoms with Gasteiger partial charge in [-0.15, -0.1) is 0 Å². The van der Waals surface area contributed by atoms with Gasteiger partial charge in [-0.1, -0.05) is 0 Å². The molecule has 3 aliphatic heterocycles. The molecule has 168 valence electrons. The molecule has 10 heteroatoms. The van der Waals surface area contributed by atoms with Crippen LogP contribution in [0, 0.1) is 11.2 Å². The van der Waals surface area contributed by atoms with E-state index in [-0.39, 0.29) is 30.5 Å². The van der Waals surface area contributed by atoms with E-state index in [2.05, 4.69) is 5.32 Å². The van der Waals surface area contributed by atoms with Gasteiger partial charge in [0.05, 0.1) is 31.6 Å². The van der Waals surface area contributed by atoms with Crippen LogP contribution in [0.25, 0.3) is 0 Å². The monoisotopic (exact) mass is 434 g/mol. The van der Waals surface area contributed by atoms with Crippen molar-refractivity contribution in [1.82, 2.24) is 10.2 Å². The molecule has 4 rings (SSSR count). The number of benzene rings is 1. The number of anilines is 2. The van der Waals surface area contributed by atoms with Gasteiger partial charge in [-0.05, 0) is 31.0 Å². The van der Waals surface area contributed by atoms with E-state index in [1.54, 1.807) is 17.0 Å². The first-order chi connectivity index (χ1) is 14.8. The number of rotatable bonds is 4. The van der Waals surface area contributed by atoms with Gasteiger partial charge in [0.25, 0.3) is 0 Å². The molecule has 31 heavy (non-hydrogen) atoms. The summed E-state index contributed by atoms with van der Waals surface area (Å²) in [5, 5.41) is 2.62. The molecule has 2 atom stereocenters. The molecule has 3 fully saturated rings. The third-order valence-electron chi connectivity index (χ3n) is 6.35. The summed E-state index contributed by atoms with van der Waals surface area (Å²) in [6, 6.07) is 4.74. The second-order valence-electron chi connectivity index (χ2n) is 8.50. The number of likely N-dealkylation sites (tertiary alicyclic amines) is 1. The predicted octanol–water partition coefficient (Wildman–Crippen LogP) is 1.96. The van der Waals surface area contributed by atoms with Gasteiger partial charge in [0, 0.05) is 38.5 Å². The second-order valence-corrected chi connectivity index (χ2v) is 8.50. The minimum atomic E-state index is -0.559. The highest BCUT2D eigenvalue weighted by molar-refractivity contribution is 5.90. The van der Waals surface area contributed by atoms with Gasteiger partial charge in [0.15, 0.2) is 0 Å². The predicted molar refractivity (Wildman–Crippen MR) is 111 cm³/mol. The molecular formula is C21H27FN4O5. The van der Waals surface area contributed by atoms with E-state index in [0.29, 0.717) is 37.6 Å². The van der Waals surface area contributed by atoms with E-state index in [4.69, 9.17) is 9.47 Å². The number of nitrogens with one attached hydrogen (secondary N) is 1. The van der Waals surface area contributed by atoms with Gasteiger partial charge in [-0.3, -0.25) is 9.69 Å². The number of hydrogen-bond acceptors (Lipinski definition) is 6. The van der Waals surface area contributed by atoms with Crippen LogP contribution in [0.2, 0.25) is 0 Å². The maximum atomic E-state index is 15.0. The van der Waals surface area contributed by atoms with Crippen LogP contribution in [0.4, 0.5) is 25.4 Å². The molecule has 3 saturated heterocycles. The van der Waals surface area contributed by atoms with Crippen LogP contribution >= 0.6 is 0 Å². The van der Waals surface area contributed by atoms with Crippen LogP contribution in [0.1, 0.15) is 19.8 Å². The van der Waals surface area contributed by atoms with E-state index >= 15 is 4.39 Å². The van der Waals surface area contributed by atoms with E-state index in [1.807, 2.05) is 4.90 Å². The number of amides is 3.